The van der Waals surface area contributed by atoms with E-state index in [1.165, 1.54) is 16.9 Å². The van der Waals surface area contributed by atoms with E-state index in [0.717, 1.165) is 15.7 Å². The number of hydrogen-bond acceptors (Lipinski definition) is 5. The number of rotatable bonds is 5. The van der Waals surface area contributed by atoms with Gasteiger partial charge < -0.3 is 15.4 Å². The third-order valence-electron chi connectivity index (χ3n) is 5.79. The van der Waals surface area contributed by atoms with Crippen molar-refractivity contribution >= 4 is 27.5 Å². The highest BCUT2D eigenvalue weighted by atomic mass is 79.9. The maximum atomic E-state index is 13.6. The van der Waals surface area contributed by atoms with Crippen LogP contribution in [0, 0.1) is 5.82 Å². The van der Waals surface area contributed by atoms with Crippen molar-refractivity contribution in [2.45, 2.75) is 19.2 Å². The standard InChI is InChI=1S/C25H21BrFN5O2/c1-15(16-4-10-20(28)11-5-16)31-22(33)14-34-25(31)24-23(17-2-8-19(27)9-3-17)29-32(30-24)21-12-6-18(26)7-13-21/h2-13,15,25H,14,28H2,1H3/t15?,25-/m1/s1. The van der Waals surface area contributed by atoms with Gasteiger partial charge in [-0.1, -0.05) is 28.1 Å². The molecular weight excluding hydrogens is 501 g/mol. The zero-order valence-electron chi connectivity index (χ0n) is 18.2. The first-order chi connectivity index (χ1) is 16.4. The summed E-state index contributed by atoms with van der Waals surface area (Å²) in [6.45, 7) is 1.86. The van der Waals surface area contributed by atoms with Gasteiger partial charge in [0.05, 0.1) is 11.7 Å². The van der Waals surface area contributed by atoms with Crippen molar-refractivity contribution in [1.29, 1.82) is 0 Å². The second kappa shape index (κ2) is 9.00. The number of nitrogens with zero attached hydrogens (tertiary/aromatic N) is 4. The monoisotopic (exact) mass is 521 g/mol. The first kappa shape index (κ1) is 22.2. The molecule has 0 radical (unpaired) electrons. The average molecular weight is 522 g/mol. The number of benzene rings is 3. The summed E-state index contributed by atoms with van der Waals surface area (Å²) in [4.78, 5) is 16.1. The molecule has 9 heteroatoms. The summed E-state index contributed by atoms with van der Waals surface area (Å²) in [6, 6.07) is 20.6. The highest BCUT2D eigenvalue weighted by Crippen LogP contribution is 2.38. The molecule has 2 N–H and O–H groups in total. The number of carbonyl (C=O) groups is 1. The minimum absolute atomic E-state index is 0.0714. The molecule has 0 bridgehead atoms. The summed E-state index contributed by atoms with van der Waals surface area (Å²) >= 11 is 3.43. The molecule has 2 heterocycles. The number of halogens is 2. The molecule has 7 nitrogen and oxygen atoms in total. The topological polar surface area (TPSA) is 86.3 Å². The SMILES string of the molecule is CC(c1ccc(N)cc1)N1C(=O)CO[C@@H]1c1nn(-c2ccc(Br)cc2)nc1-c1ccc(F)cc1. The zero-order valence-corrected chi connectivity index (χ0v) is 19.8. The van der Waals surface area contributed by atoms with Crippen LogP contribution in [-0.2, 0) is 9.53 Å². The Balaban J connectivity index is 1.60. The number of hydrogen-bond donors (Lipinski definition) is 1. The van der Waals surface area contributed by atoms with Crippen LogP contribution in [0.3, 0.4) is 0 Å². The average Bonchev–Trinajstić information content (AvgIpc) is 3.44. The van der Waals surface area contributed by atoms with Crippen molar-refractivity contribution in [3.63, 3.8) is 0 Å². The highest BCUT2D eigenvalue weighted by molar-refractivity contribution is 9.10. The lowest BCUT2D eigenvalue weighted by Crippen LogP contribution is -2.32. The van der Waals surface area contributed by atoms with Crippen LogP contribution in [0.5, 0.6) is 0 Å². The molecule has 1 aromatic heterocycles. The van der Waals surface area contributed by atoms with Gasteiger partial charge in [0, 0.05) is 15.7 Å². The van der Waals surface area contributed by atoms with Crippen LogP contribution in [0.25, 0.3) is 16.9 Å². The van der Waals surface area contributed by atoms with Gasteiger partial charge in [-0.15, -0.1) is 10.2 Å². The molecule has 0 aliphatic carbocycles. The van der Waals surface area contributed by atoms with Gasteiger partial charge in [0.25, 0.3) is 5.91 Å². The normalized spacial score (nSPS) is 16.7. The van der Waals surface area contributed by atoms with E-state index in [1.807, 2.05) is 43.3 Å². The Morgan fingerprint density at radius 2 is 1.71 bits per heavy atom. The van der Waals surface area contributed by atoms with E-state index in [4.69, 9.17) is 20.7 Å². The molecule has 3 aromatic carbocycles. The van der Waals surface area contributed by atoms with Crippen molar-refractivity contribution < 1.29 is 13.9 Å². The molecule has 1 unspecified atom stereocenters. The van der Waals surface area contributed by atoms with E-state index in [9.17, 15) is 9.18 Å². The molecule has 34 heavy (non-hydrogen) atoms. The summed E-state index contributed by atoms with van der Waals surface area (Å²) in [5.74, 6) is -0.505. The molecule has 4 aromatic rings. The van der Waals surface area contributed by atoms with Crippen molar-refractivity contribution in [1.82, 2.24) is 19.9 Å². The predicted molar refractivity (Wildman–Crippen MR) is 129 cm³/mol. The Labute approximate surface area is 204 Å². The molecule has 5 rings (SSSR count). The Hall–Kier alpha value is -3.56. The number of aromatic nitrogens is 3. The first-order valence-electron chi connectivity index (χ1n) is 10.7. The quantitative estimate of drug-likeness (QED) is 0.372. The summed E-state index contributed by atoms with van der Waals surface area (Å²) in [5, 5.41) is 9.41. The van der Waals surface area contributed by atoms with Crippen LogP contribution >= 0.6 is 15.9 Å². The molecule has 1 amide bonds. The Morgan fingerprint density at radius 3 is 2.38 bits per heavy atom. The highest BCUT2D eigenvalue weighted by Gasteiger charge is 2.40. The van der Waals surface area contributed by atoms with Crippen LogP contribution in [-0.4, -0.2) is 32.4 Å². The van der Waals surface area contributed by atoms with Crippen molar-refractivity contribution in [3.8, 4) is 16.9 Å². The first-order valence-corrected chi connectivity index (χ1v) is 11.5. The largest absolute Gasteiger partial charge is 0.399 e. The van der Waals surface area contributed by atoms with Crippen molar-refractivity contribution in [2.24, 2.45) is 0 Å². The fraction of sp³-hybridized carbons (Fsp3) is 0.160. The van der Waals surface area contributed by atoms with Crippen LogP contribution in [0.2, 0.25) is 0 Å². The third kappa shape index (κ3) is 4.20. The fourth-order valence-electron chi connectivity index (χ4n) is 3.99. The molecule has 1 fully saturated rings. The second-order valence-electron chi connectivity index (χ2n) is 8.01. The lowest BCUT2D eigenvalue weighted by Gasteiger charge is -2.29. The molecule has 0 spiro atoms. The van der Waals surface area contributed by atoms with Crippen molar-refractivity contribution in [2.75, 3.05) is 12.3 Å². The van der Waals surface area contributed by atoms with Crippen LogP contribution in [0.15, 0.2) is 77.3 Å². The van der Waals surface area contributed by atoms with Crippen LogP contribution in [0.4, 0.5) is 10.1 Å². The molecule has 0 saturated carbocycles. The minimum atomic E-state index is -0.760. The number of carbonyl (C=O) groups excluding carboxylic acids is 1. The van der Waals surface area contributed by atoms with Crippen LogP contribution < -0.4 is 5.73 Å². The molecule has 172 valence electrons. The molecular formula is C25H21BrFN5O2. The Morgan fingerprint density at radius 1 is 1.03 bits per heavy atom. The number of nitrogens with two attached hydrogens (primary N) is 1. The summed E-state index contributed by atoms with van der Waals surface area (Å²) in [7, 11) is 0. The third-order valence-corrected chi connectivity index (χ3v) is 6.32. The van der Waals surface area contributed by atoms with E-state index in [2.05, 4.69) is 15.9 Å². The van der Waals surface area contributed by atoms with E-state index >= 15 is 0 Å². The molecule has 2 atom stereocenters. The number of nitrogen functional groups attached to an aromatic ring is 1. The van der Waals surface area contributed by atoms with Gasteiger partial charge in [0.1, 0.15) is 23.8 Å². The summed E-state index contributed by atoms with van der Waals surface area (Å²) in [5.41, 5.74) is 9.79. The van der Waals surface area contributed by atoms with Crippen LogP contribution in [0.1, 0.15) is 30.5 Å². The van der Waals surface area contributed by atoms with Gasteiger partial charge in [0.15, 0.2) is 6.23 Å². The van der Waals surface area contributed by atoms with E-state index < -0.39 is 6.23 Å². The predicted octanol–water partition coefficient (Wildman–Crippen LogP) is 5.04. The zero-order chi connectivity index (χ0) is 23.8. The minimum Gasteiger partial charge on any atom is -0.399 e. The fourth-order valence-corrected chi connectivity index (χ4v) is 4.25. The van der Waals surface area contributed by atoms with E-state index in [-0.39, 0.29) is 24.4 Å². The molecule has 1 saturated heterocycles. The Bertz CT molecular complexity index is 1320. The van der Waals surface area contributed by atoms with E-state index in [1.54, 1.807) is 29.2 Å². The maximum Gasteiger partial charge on any atom is 0.251 e. The maximum absolute atomic E-state index is 13.6. The summed E-state index contributed by atoms with van der Waals surface area (Å²) < 4.78 is 20.5. The van der Waals surface area contributed by atoms with Gasteiger partial charge in [-0.3, -0.25) is 4.79 Å². The lowest BCUT2D eigenvalue weighted by atomic mass is 10.0. The lowest BCUT2D eigenvalue weighted by molar-refractivity contribution is -0.130. The smallest absolute Gasteiger partial charge is 0.251 e. The molecule has 1 aliphatic rings. The molecule has 1 aliphatic heterocycles. The number of ether oxygens (including phenoxy) is 1. The Kier molecular flexibility index (Phi) is 5.89. The van der Waals surface area contributed by atoms with Gasteiger partial charge in [-0.2, -0.15) is 4.80 Å². The number of anilines is 1. The van der Waals surface area contributed by atoms with Gasteiger partial charge >= 0.3 is 0 Å². The summed E-state index contributed by atoms with van der Waals surface area (Å²) in [6.07, 6.45) is -0.760. The van der Waals surface area contributed by atoms with Crippen molar-refractivity contribution in [3.05, 3.63) is 94.3 Å². The number of amides is 1. The second-order valence-corrected chi connectivity index (χ2v) is 8.93. The van der Waals surface area contributed by atoms with Gasteiger partial charge in [0.2, 0.25) is 0 Å². The van der Waals surface area contributed by atoms with Gasteiger partial charge in [-0.05, 0) is 73.2 Å². The van der Waals surface area contributed by atoms with E-state index in [0.29, 0.717) is 22.6 Å². The van der Waals surface area contributed by atoms with Gasteiger partial charge in [-0.25, -0.2) is 4.39 Å².